The van der Waals surface area contributed by atoms with Crippen LogP contribution < -0.4 is 0 Å². The van der Waals surface area contributed by atoms with Crippen molar-refractivity contribution in [3.8, 4) is 0 Å². The van der Waals surface area contributed by atoms with Gasteiger partial charge < -0.3 is 9.16 Å². The van der Waals surface area contributed by atoms with E-state index >= 15 is 0 Å². The molecule has 0 aliphatic carbocycles. The molecule has 2 rings (SSSR count). The summed E-state index contributed by atoms with van der Waals surface area (Å²) in [5.74, 6) is 2.46. The lowest BCUT2D eigenvalue weighted by Crippen LogP contribution is -2.48. The number of hydrogen-bond donors (Lipinski definition) is 0. The Labute approximate surface area is 121 Å². The van der Waals surface area contributed by atoms with Crippen LogP contribution in [0.2, 0.25) is 18.1 Å². The van der Waals surface area contributed by atoms with Crippen LogP contribution in [-0.4, -0.2) is 36.8 Å². The number of hydrogen-bond acceptors (Lipinski definition) is 4. The van der Waals surface area contributed by atoms with Gasteiger partial charge in [-0.25, -0.2) is 0 Å². The molecule has 0 bridgehead atoms. The Kier molecular flexibility index (Phi) is 4.50. The van der Waals surface area contributed by atoms with Crippen molar-refractivity contribution in [2.75, 3.05) is 18.1 Å². The number of epoxide rings is 1. The van der Waals surface area contributed by atoms with Crippen LogP contribution in [0.1, 0.15) is 33.6 Å². The summed E-state index contributed by atoms with van der Waals surface area (Å²) < 4.78 is 12.2. The fourth-order valence-corrected chi connectivity index (χ4v) is 7.49. The van der Waals surface area contributed by atoms with Crippen LogP contribution in [0.5, 0.6) is 0 Å². The maximum Gasteiger partial charge on any atom is 0.195 e. The minimum Gasteiger partial charge on any atom is -0.394 e. The van der Waals surface area contributed by atoms with Gasteiger partial charge in [0, 0.05) is 6.42 Å². The molecule has 2 heterocycles. The van der Waals surface area contributed by atoms with E-state index in [2.05, 4.69) is 33.9 Å². The van der Waals surface area contributed by atoms with E-state index < -0.39 is 8.32 Å². The third kappa shape index (κ3) is 3.69. The molecule has 0 saturated carbocycles. The standard InChI is InChI=1S/C13H26O2S2Si/c1-12(2,3)18(4,5)15-13(9-11-10-14-11)16-7-6-8-17-13/h11H,6-10H2,1-5H3/t11-/m0/s1. The van der Waals surface area contributed by atoms with Crippen LogP contribution >= 0.6 is 23.5 Å². The van der Waals surface area contributed by atoms with Gasteiger partial charge in [0.05, 0.1) is 12.7 Å². The normalized spacial score (nSPS) is 28.2. The maximum absolute atomic E-state index is 6.77. The van der Waals surface area contributed by atoms with E-state index in [4.69, 9.17) is 9.16 Å². The summed E-state index contributed by atoms with van der Waals surface area (Å²) in [5.41, 5.74) is 0. The van der Waals surface area contributed by atoms with Crippen molar-refractivity contribution >= 4 is 31.8 Å². The number of ether oxygens (including phenoxy) is 1. The van der Waals surface area contributed by atoms with Gasteiger partial charge >= 0.3 is 0 Å². The lowest BCUT2D eigenvalue weighted by atomic mass is 10.2. The zero-order chi connectivity index (χ0) is 13.4. The molecule has 2 aliphatic heterocycles. The summed E-state index contributed by atoms with van der Waals surface area (Å²) in [6.45, 7) is 12.6. The molecule has 0 aromatic carbocycles. The Bertz CT molecular complexity index is 292. The molecule has 5 heteroatoms. The van der Waals surface area contributed by atoms with E-state index in [1.54, 1.807) is 0 Å². The second kappa shape index (κ2) is 5.32. The zero-order valence-corrected chi connectivity index (χ0v) is 14.9. The lowest BCUT2D eigenvalue weighted by Gasteiger charge is -2.46. The van der Waals surface area contributed by atoms with E-state index in [1.165, 1.54) is 17.9 Å². The minimum atomic E-state index is -1.70. The predicted octanol–water partition coefficient (Wildman–Crippen LogP) is 4.32. The maximum atomic E-state index is 6.77. The SMILES string of the molecule is CC(C)(C)[Si](C)(C)OC1(C[C@H]2CO2)SCCCS1. The zero-order valence-electron chi connectivity index (χ0n) is 12.2. The summed E-state index contributed by atoms with van der Waals surface area (Å²) in [6.07, 6.45) is 2.83. The van der Waals surface area contributed by atoms with Crippen LogP contribution in [0, 0.1) is 0 Å². The molecular weight excluding hydrogens is 280 g/mol. The first kappa shape index (κ1) is 15.2. The van der Waals surface area contributed by atoms with Crippen molar-refractivity contribution in [2.45, 2.75) is 62.1 Å². The van der Waals surface area contributed by atoms with Gasteiger partial charge in [-0.2, -0.15) is 0 Å². The lowest BCUT2D eigenvalue weighted by molar-refractivity contribution is 0.204. The van der Waals surface area contributed by atoms with Crippen LogP contribution in [-0.2, 0) is 9.16 Å². The molecule has 2 aliphatic rings. The van der Waals surface area contributed by atoms with Crippen LogP contribution in [0.15, 0.2) is 0 Å². The van der Waals surface area contributed by atoms with E-state index in [1.807, 2.05) is 23.5 Å². The summed E-state index contributed by atoms with van der Waals surface area (Å²) in [4.78, 5) is 0. The Balaban J connectivity index is 2.08. The van der Waals surface area contributed by atoms with Gasteiger partial charge in [0.2, 0.25) is 0 Å². The van der Waals surface area contributed by atoms with Crippen molar-refractivity contribution in [3.63, 3.8) is 0 Å². The van der Waals surface area contributed by atoms with Gasteiger partial charge in [-0.15, -0.1) is 23.5 Å². The fourth-order valence-electron chi connectivity index (χ4n) is 1.78. The Morgan fingerprint density at radius 3 is 2.28 bits per heavy atom. The van der Waals surface area contributed by atoms with Crippen molar-refractivity contribution in [3.05, 3.63) is 0 Å². The van der Waals surface area contributed by atoms with Crippen molar-refractivity contribution in [2.24, 2.45) is 0 Å². The molecule has 0 unspecified atom stereocenters. The largest absolute Gasteiger partial charge is 0.394 e. The van der Waals surface area contributed by atoms with Gasteiger partial charge in [-0.3, -0.25) is 0 Å². The topological polar surface area (TPSA) is 21.8 Å². The highest BCUT2D eigenvalue weighted by Gasteiger charge is 2.48. The molecule has 0 aromatic heterocycles. The van der Waals surface area contributed by atoms with Crippen molar-refractivity contribution < 1.29 is 9.16 Å². The Morgan fingerprint density at radius 2 is 1.83 bits per heavy atom. The molecule has 2 saturated heterocycles. The first-order valence-corrected chi connectivity index (χ1v) is 11.7. The first-order valence-electron chi connectivity index (χ1n) is 6.84. The monoisotopic (exact) mass is 306 g/mol. The molecular formula is C13H26O2S2Si. The minimum absolute atomic E-state index is 0.0254. The summed E-state index contributed by atoms with van der Waals surface area (Å²) in [7, 11) is -1.70. The molecule has 106 valence electrons. The second-order valence-corrected chi connectivity index (χ2v) is 14.5. The highest BCUT2D eigenvalue weighted by atomic mass is 32.2. The average molecular weight is 307 g/mol. The van der Waals surface area contributed by atoms with Crippen molar-refractivity contribution in [1.29, 1.82) is 0 Å². The van der Waals surface area contributed by atoms with Crippen LogP contribution in [0.25, 0.3) is 0 Å². The van der Waals surface area contributed by atoms with E-state index in [9.17, 15) is 0 Å². The summed E-state index contributed by atoms with van der Waals surface area (Å²) in [5, 5.41) is 0.281. The second-order valence-electron chi connectivity index (χ2n) is 6.76. The highest BCUT2D eigenvalue weighted by molar-refractivity contribution is 8.18. The first-order chi connectivity index (χ1) is 8.24. The van der Waals surface area contributed by atoms with Crippen LogP contribution in [0.4, 0.5) is 0 Å². The van der Waals surface area contributed by atoms with Gasteiger partial charge in [-0.05, 0) is 36.1 Å². The van der Waals surface area contributed by atoms with Gasteiger partial charge in [-0.1, -0.05) is 20.8 Å². The third-order valence-electron chi connectivity index (χ3n) is 4.03. The van der Waals surface area contributed by atoms with E-state index in [-0.39, 0.29) is 9.30 Å². The van der Waals surface area contributed by atoms with Gasteiger partial charge in [0.15, 0.2) is 12.6 Å². The van der Waals surface area contributed by atoms with Crippen molar-refractivity contribution in [1.82, 2.24) is 0 Å². The fraction of sp³-hybridized carbons (Fsp3) is 1.00. The number of thioether (sulfide) groups is 2. The third-order valence-corrected chi connectivity index (χ3v) is 11.9. The van der Waals surface area contributed by atoms with Gasteiger partial charge in [0.25, 0.3) is 0 Å². The average Bonchev–Trinajstić information content (AvgIpc) is 3.00. The van der Waals surface area contributed by atoms with Gasteiger partial charge in [0.1, 0.15) is 0 Å². The summed E-state index contributed by atoms with van der Waals surface area (Å²) >= 11 is 4.03. The molecule has 0 amide bonds. The quantitative estimate of drug-likeness (QED) is 0.569. The van der Waals surface area contributed by atoms with E-state index in [0.29, 0.717) is 6.10 Å². The molecule has 0 spiro atoms. The molecule has 0 aromatic rings. The number of rotatable bonds is 4. The molecule has 2 fully saturated rings. The predicted molar refractivity (Wildman–Crippen MR) is 84.9 cm³/mol. The smallest absolute Gasteiger partial charge is 0.195 e. The molecule has 1 atom stereocenters. The summed E-state index contributed by atoms with van der Waals surface area (Å²) in [6, 6.07) is 0. The van der Waals surface area contributed by atoms with E-state index in [0.717, 1.165) is 13.0 Å². The molecule has 0 N–H and O–H groups in total. The Morgan fingerprint density at radius 1 is 1.28 bits per heavy atom. The molecule has 0 radical (unpaired) electrons. The Hall–Kier alpha value is 0.837. The molecule has 18 heavy (non-hydrogen) atoms. The van der Waals surface area contributed by atoms with Crippen LogP contribution in [0.3, 0.4) is 0 Å². The molecule has 2 nitrogen and oxygen atoms in total. The highest BCUT2D eigenvalue weighted by Crippen LogP contribution is 2.52.